The molecule has 3 rings (SSSR count). The molecule has 0 saturated heterocycles. The van der Waals surface area contributed by atoms with E-state index in [1.165, 1.54) is 25.1 Å². The first kappa shape index (κ1) is 17.9. The third-order valence-corrected chi connectivity index (χ3v) is 4.34. The van der Waals surface area contributed by atoms with E-state index in [4.69, 9.17) is 27.9 Å². The third kappa shape index (κ3) is 3.40. The van der Waals surface area contributed by atoms with E-state index in [1.807, 2.05) is 0 Å². The summed E-state index contributed by atoms with van der Waals surface area (Å²) in [6, 6.07) is 12.6. The Morgan fingerprint density at radius 2 is 1.96 bits per heavy atom. The van der Waals surface area contributed by atoms with E-state index < -0.39 is 4.92 Å². The van der Waals surface area contributed by atoms with Gasteiger partial charge >= 0.3 is 0 Å². The lowest BCUT2D eigenvalue weighted by molar-refractivity contribution is -0.384. The molecule has 0 aliphatic carbocycles. The average molecular weight is 392 g/mol. The van der Waals surface area contributed by atoms with E-state index in [0.29, 0.717) is 17.0 Å². The van der Waals surface area contributed by atoms with Gasteiger partial charge < -0.3 is 4.52 Å². The molecule has 132 valence electrons. The molecule has 0 bridgehead atoms. The topological polar surface area (TPSA) is 89.5 Å². The van der Waals surface area contributed by atoms with E-state index in [2.05, 4.69) is 5.16 Å². The predicted octanol–water partition coefficient (Wildman–Crippen LogP) is 5.08. The number of nitrogens with zero attached hydrogens (tertiary/aromatic N) is 3. The molecule has 1 aromatic heterocycles. The van der Waals surface area contributed by atoms with Crippen LogP contribution in [0.2, 0.25) is 5.02 Å². The maximum atomic E-state index is 11.4. The van der Waals surface area contributed by atoms with Gasteiger partial charge in [-0.3, -0.25) is 14.9 Å². The fraction of sp³-hybridized carbons (Fsp3) is 0.0588. The van der Waals surface area contributed by atoms with Gasteiger partial charge in [0.2, 0.25) is 5.91 Å². The first-order chi connectivity index (χ1) is 12.4. The number of hydrogen-bond donors (Lipinski definition) is 0. The minimum absolute atomic E-state index is 0.172. The van der Waals surface area contributed by atoms with Crippen molar-refractivity contribution < 1.29 is 14.2 Å². The van der Waals surface area contributed by atoms with Gasteiger partial charge in [0.15, 0.2) is 5.76 Å². The van der Waals surface area contributed by atoms with Crippen LogP contribution in [0.1, 0.15) is 6.92 Å². The minimum atomic E-state index is -0.533. The molecule has 0 spiro atoms. The highest BCUT2D eigenvalue weighted by Crippen LogP contribution is 2.37. The second-order valence-corrected chi connectivity index (χ2v) is 6.06. The van der Waals surface area contributed by atoms with Crippen molar-refractivity contribution in [3.05, 3.63) is 63.7 Å². The van der Waals surface area contributed by atoms with Crippen LogP contribution in [-0.2, 0) is 4.79 Å². The first-order valence-corrected chi connectivity index (χ1v) is 8.07. The number of amides is 1. The molecule has 0 radical (unpaired) electrons. The number of carbonyl (C=O) groups is 1. The first-order valence-electron chi connectivity index (χ1n) is 7.35. The number of anilines is 1. The summed E-state index contributed by atoms with van der Waals surface area (Å²) in [6.45, 7) is 1.34. The Morgan fingerprint density at radius 3 is 2.65 bits per heavy atom. The molecule has 0 unspecified atom stereocenters. The quantitative estimate of drug-likeness (QED) is 0.351. The number of benzene rings is 2. The predicted molar refractivity (Wildman–Crippen MR) is 98.1 cm³/mol. The number of nitro groups is 1. The smallest absolute Gasteiger partial charge is 0.280 e. The van der Waals surface area contributed by atoms with Crippen molar-refractivity contribution in [1.82, 2.24) is 5.16 Å². The molecular formula is C17H11Cl2N3O4. The summed E-state index contributed by atoms with van der Waals surface area (Å²) < 4.78 is 6.28. The van der Waals surface area contributed by atoms with Gasteiger partial charge in [0, 0.05) is 36.4 Å². The van der Waals surface area contributed by atoms with E-state index in [9.17, 15) is 14.9 Å². The molecule has 0 N–H and O–H groups in total. The lowest BCUT2D eigenvalue weighted by Crippen LogP contribution is -2.16. The SMILES string of the molecule is CC(=O)N(Cl)c1cccc(-c2cc(-c3c(Cl)cccc3[N+](=O)[O-])no2)c1. The van der Waals surface area contributed by atoms with E-state index in [-0.39, 0.29) is 27.9 Å². The number of nitro benzene ring substituents is 1. The van der Waals surface area contributed by atoms with Crippen LogP contribution < -0.4 is 4.42 Å². The maximum absolute atomic E-state index is 11.4. The molecule has 2 aromatic carbocycles. The monoisotopic (exact) mass is 391 g/mol. The van der Waals surface area contributed by atoms with Gasteiger partial charge in [-0.05, 0) is 18.2 Å². The summed E-state index contributed by atoms with van der Waals surface area (Å²) in [6.07, 6.45) is 0. The van der Waals surface area contributed by atoms with E-state index in [0.717, 1.165) is 4.42 Å². The fourth-order valence-electron chi connectivity index (χ4n) is 2.41. The zero-order valence-electron chi connectivity index (χ0n) is 13.3. The minimum Gasteiger partial charge on any atom is -0.356 e. The summed E-state index contributed by atoms with van der Waals surface area (Å²) in [5.74, 6) is 0.0125. The molecule has 0 aliphatic rings. The van der Waals surface area contributed by atoms with Crippen LogP contribution in [0, 0.1) is 10.1 Å². The highest BCUT2D eigenvalue weighted by molar-refractivity contribution is 6.36. The fourth-order valence-corrected chi connectivity index (χ4v) is 2.78. The van der Waals surface area contributed by atoms with Gasteiger partial charge in [0.05, 0.1) is 15.6 Å². The Labute approximate surface area is 158 Å². The molecule has 1 heterocycles. The second-order valence-electron chi connectivity index (χ2n) is 5.32. The number of hydrogen-bond acceptors (Lipinski definition) is 5. The van der Waals surface area contributed by atoms with Crippen LogP contribution in [-0.4, -0.2) is 16.0 Å². The molecule has 0 saturated carbocycles. The molecule has 1 amide bonds. The average Bonchev–Trinajstić information content (AvgIpc) is 3.10. The summed E-state index contributed by atoms with van der Waals surface area (Å²) in [4.78, 5) is 22.1. The molecule has 0 fully saturated rings. The number of aromatic nitrogens is 1. The van der Waals surface area contributed by atoms with Crippen molar-refractivity contribution in [2.24, 2.45) is 0 Å². The van der Waals surface area contributed by atoms with Crippen molar-refractivity contribution in [1.29, 1.82) is 0 Å². The van der Waals surface area contributed by atoms with Gasteiger partial charge in [-0.15, -0.1) is 0 Å². The summed E-state index contributed by atoms with van der Waals surface area (Å²) in [5.41, 5.74) is 1.29. The maximum Gasteiger partial charge on any atom is 0.280 e. The highest BCUT2D eigenvalue weighted by Gasteiger charge is 2.22. The van der Waals surface area contributed by atoms with Gasteiger partial charge in [0.25, 0.3) is 5.69 Å². The lowest BCUT2D eigenvalue weighted by Gasteiger charge is -2.11. The summed E-state index contributed by atoms with van der Waals surface area (Å²) in [7, 11) is 0. The van der Waals surface area contributed by atoms with Crippen molar-refractivity contribution in [3.8, 4) is 22.6 Å². The van der Waals surface area contributed by atoms with E-state index in [1.54, 1.807) is 30.3 Å². The molecular weight excluding hydrogens is 381 g/mol. The normalized spacial score (nSPS) is 10.6. The van der Waals surface area contributed by atoms with Gasteiger partial charge in [-0.25, -0.2) is 4.42 Å². The van der Waals surface area contributed by atoms with Gasteiger partial charge in [0.1, 0.15) is 11.3 Å². The standard InChI is InChI=1S/C17H11Cl2N3O4/c1-10(23)21(19)12-5-2-4-11(8-12)16-9-14(20-26-16)17-13(18)6-3-7-15(17)22(24)25/h2-9H,1H3. The van der Waals surface area contributed by atoms with Crippen molar-refractivity contribution in [2.75, 3.05) is 4.42 Å². The Balaban J connectivity index is 2.04. The Morgan fingerprint density at radius 1 is 1.23 bits per heavy atom. The van der Waals surface area contributed by atoms with Crippen molar-refractivity contribution in [2.45, 2.75) is 6.92 Å². The van der Waals surface area contributed by atoms with Crippen LogP contribution in [0.5, 0.6) is 0 Å². The largest absolute Gasteiger partial charge is 0.356 e. The zero-order valence-corrected chi connectivity index (χ0v) is 14.9. The Hall–Kier alpha value is -2.90. The van der Waals surface area contributed by atoms with Crippen LogP contribution in [0.4, 0.5) is 11.4 Å². The molecule has 26 heavy (non-hydrogen) atoms. The van der Waals surface area contributed by atoms with Crippen molar-refractivity contribution in [3.63, 3.8) is 0 Å². The molecule has 0 atom stereocenters. The van der Waals surface area contributed by atoms with Gasteiger partial charge in [-0.1, -0.05) is 35.0 Å². The highest BCUT2D eigenvalue weighted by atomic mass is 35.5. The Bertz CT molecular complexity index is 1000. The second kappa shape index (κ2) is 7.15. The number of halogens is 2. The number of rotatable bonds is 4. The third-order valence-electron chi connectivity index (χ3n) is 3.59. The van der Waals surface area contributed by atoms with E-state index >= 15 is 0 Å². The van der Waals surface area contributed by atoms with Crippen molar-refractivity contribution >= 4 is 40.7 Å². The zero-order chi connectivity index (χ0) is 18.8. The molecule has 0 aliphatic heterocycles. The molecule has 7 nitrogen and oxygen atoms in total. The number of carbonyl (C=O) groups excluding carboxylic acids is 1. The van der Waals surface area contributed by atoms with Gasteiger partial charge in [-0.2, -0.15) is 0 Å². The van der Waals surface area contributed by atoms with Crippen LogP contribution in [0.15, 0.2) is 53.1 Å². The molecule has 9 heteroatoms. The lowest BCUT2D eigenvalue weighted by atomic mass is 10.1. The van der Waals surface area contributed by atoms with Crippen LogP contribution in [0.3, 0.4) is 0 Å². The Kier molecular flexibility index (Phi) is 4.92. The van der Waals surface area contributed by atoms with Crippen LogP contribution >= 0.6 is 23.4 Å². The molecule has 3 aromatic rings. The summed E-state index contributed by atoms with van der Waals surface area (Å²) in [5, 5.41) is 15.3. The van der Waals surface area contributed by atoms with Crippen LogP contribution in [0.25, 0.3) is 22.6 Å². The summed E-state index contributed by atoms with van der Waals surface area (Å²) >= 11 is 12.0.